The molecule has 0 spiro atoms. The smallest absolute Gasteiger partial charge is 0.131 e. The molecule has 1 fully saturated rings. The Morgan fingerprint density at radius 1 is 1.03 bits per heavy atom. The summed E-state index contributed by atoms with van der Waals surface area (Å²) in [6.07, 6.45) is 10.5. The molecular weight excluding hydrogens is 454 g/mol. The maximum Gasteiger partial charge on any atom is 0.131 e. The molecule has 1 N–H and O–H groups in total. The Bertz CT molecular complexity index is 1300. The second kappa shape index (κ2) is 12.5. The number of benzene rings is 2. The van der Waals surface area contributed by atoms with Crippen molar-refractivity contribution >= 4 is 23.2 Å². The monoisotopic (exact) mass is 493 g/mol. The third-order valence-corrected chi connectivity index (χ3v) is 6.83. The Morgan fingerprint density at radius 3 is 2.51 bits per heavy atom. The Labute approximate surface area is 222 Å². The lowest BCUT2D eigenvalue weighted by molar-refractivity contribution is 0.482. The molecule has 4 heteroatoms. The molecule has 0 bridgehead atoms. The molecule has 37 heavy (non-hydrogen) atoms. The zero-order valence-corrected chi connectivity index (χ0v) is 22.8. The van der Waals surface area contributed by atoms with E-state index in [4.69, 9.17) is 4.74 Å². The molecule has 1 heterocycles. The number of nitrogens with zero attached hydrogens (tertiary/aromatic N) is 2. The van der Waals surface area contributed by atoms with Crippen molar-refractivity contribution in [3.8, 4) is 11.5 Å². The van der Waals surface area contributed by atoms with Crippen LogP contribution < -0.4 is 10.1 Å². The number of allylic oxidation sites excluding steroid dienone is 3. The van der Waals surface area contributed by atoms with E-state index in [1.165, 1.54) is 28.8 Å². The first-order valence-electron chi connectivity index (χ1n) is 13.4. The number of hydrogen-bond donors (Lipinski definition) is 1. The Morgan fingerprint density at radius 2 is 1.81 bits per heavy atom. The number of anilines is 1. The molecule has 192 valence electrons. The largest absolute Gasteiger partial charge is 0.457 e. The summed E-state index contributed by atoms with van der Waals surface area (Å²) >= 11 is 0. The van der Waals surface area contributed by atoms with Crippen LogP contribution in [0.2, 0.25) is 0 Å². The minimum atomic E-state index is 0.395. The highest BCUT2D eigenvalue weighted by Gasteiger charge is 2.20. The molecule has 1 aliphatic rings. The summed E-state index contributed by atoms with van der Waals surface area (Å²) in [6, 6.07) is 20.9. The molecule has 0 radical (unpaired) electrons. The first-order valence-corrected chi connectivity index (χ1v) is 13.4. The molecule has 1 atom stereocenters. The lowest BCUT2D eigenvalue weighted by Gasteiger charge is -2.26. The molecule has 0 aliphatic heterocycles. The van der Waals surface area contributed by atoms with Crippen LogP contribution in [0.1, 0.15) is 76.1 Å². The van der Waals surface area contributed by atoms with Gasteiger partial charge in [-0.2, -0.15) is 0 Å². The zero-order valence-electron chi connectivity index (χ0n) is 22.8. The maximum atomic E-state index is 6.29. The zero-order chi connectivity index (χ0) is 26.2. The molecule has 1 saturated carbocycles. The van der Waals surface area contributed by atoms with Crippen LogP contribution in [-0.2, 0) is 0 Å². The van der Waals surface area contributed by atoms with E-state index in [0.717, 1.165) is 47.7 Å². The van der Waals surface area contributed by atoms with Crippen LogP contribution in [0.15, 0.2) is 83.5 Å². The quantitative estimate of drug-likeness (QED) is 0.286. The Hall–Kier alpha value is -3.66. The van der Waals surface area contributed by atoms with Crippen LogP contribution in [-0.4, -0.2) is 18.2 Å². The summed E-state index contributed by atoms with van der Waals surface area (Å²) < 4.78 is 6.29. The highest BCUT2D eigenvalue weighted by molar-refractivity contribution is 6.09. The summed E-state index contributed by atoms with van der Waals surface area (Å²) in [5, 5.41) is 3.77. The number of hydrogen-bond acceptors (Lipinski definition) is 4. The van der Waals surface area contributed by atoms with Gasteiger partial charge in [-0.05, 0) is 66.9 Å². The second-order valence-corrected chi connectivity index (χ2v) is 10.1. The fraction of sp³-hybridized carbons (Fsp3) is 0.333. The van der Waals surface area contributed by atoms with Gasteiger partial charge in [0.1, 0.15) is 11.5 Å². The van der Waals surface area contributed by atoms with Gasteiger partial charge >= 0.3 is 0 Å². The summed E-state index contributed by atoms with van der Waals surface area (Å²) in [5.74, 6) is 2.44. The van der Waals surface area contributed by atoms with E-state index in [0.29, 0.717) is 11.8 Å². The fourth-order valence-electron chi connectivity index (χ4n) is 4.57. The fourth-order valence-corrected chi connectivity index (χ4v) is 4.57. The molecule has 1 aromatic heterocycles. The number of aromatic nitrogens is 1. The van der Waals surface area contributed by atoms with Gasteiger partial charge in [0.25, 0.3) is 0 Å². The van der Waals surface area contributed by atoms with E-state index in [1.807, 2.05) is 30.5 Å². The predicted octanol–water partition coefficient (Wildman–Crippen LogP) is 9.13. The van der Waals surface area contributed by atoms with Crippen LogP contribution in [0.25, 0.3) is 11.3 Å². The van der Waals surface area contributed by atoms with Gasteiger partial charge in [0.2, 0.25) is 0 Å². The predicted molar refractivity (Wildman–Crippen MR) is 158 cm³/mol. The first kappa shape index (κ1) is 26.4. The minimum absolute atomic E-state index is 0.395. The molecule has 1 unspecified atom stereocenters. The van der Waals surface area contributed by atoms with Gasteiger partial charge < -0.3 is 10.1 Å². The normalized spacial score (nSPS) is 14.5. The van der Waals surface area contributed by atoms with Crippen molar-refractivity contribution < 1.29 is 4.74 Å². The van der Waals surface area contributed by atoms with E-state index in [9.17, 15) is 0 Å². The summed E-state index contributed by atoms with van der Waals surface area (Å²) in [4.78, 5) is 8.75. The first-order chi connectivity index (χ1) is 18.0. The average molecular weight is 494 g/mol. The lowest BCUT2D eigenvalue weighted by Crippen LogP contribution is -2.11. The summed E-state index contributed by atoms with van der Waals surface area (Å²) in [6.45, 7) is 8.87. The molecule has 4 rings (SSSR count). The van der Waals surface area contributed by atoms with Crippen molar-refractivity contribution in [2.24, 2.45) is 10.9 Å². The number of ether oxygens (including phenoxy) is 1. The molecule has 3 aromatic rings. The van der Waals surface area contributed by atoms with Crippen LogP contribution >= 0.6 is 0 Å². The van der Waals surface area contributed by atoms with Gasteiger partial charge in [0.15, 0.2) is 0 Å². The van der Waals surface area contributed by atoms with E-state index < -0.39 is 0 Å². The second-order valence-electron chi connectivity index (χ2n) is 10.1. The van der Waals surface area contributed by atoms with Gasteiger partial charge in [-0.1, -0.05) is 64.1 Å². The highest BCUT2D eigenvalue weighted by Crippen LogP contribution is 2.38. The van der Waals surface area contributed by atoms with E-state index >= 15 is 0 Å². The Balaban J connectivity index is 1.60. The van der Waals surface area contributed by atoms with E-state index in [1.54, 1.807) is 13.2 Å². The van der Waals surface area contributed by atoms with Crippen molar-refractivity contribution in [2.75, 3.05) is 12.4 Å². The van der Waals surface area contributed by atoms with Crippen molar-refractivity contribution in [1.82, 2.24) is 4.98 Å². The van der Waals surface area contributed by atoms with E-state index in [-0.39, 0.29) is 0 Å². The summed E-state index contributed by atoms with van der Waals surface area (Å²) in [5.41, 5.74) is 8.36. The Kier molecular flexibility index (Phi) is 8.95. The van der Waals surface area contributed by atoms with Gasteiger partial charge in [0, 0.05) is 54.1 Å². The molecule has 0 amide bonds. The standard InChI is InChI=1S/C33H39N3O/c1-6-24(4)30-15-7-8-16-31(30)33(25-11-9-12-25)36-27-13-10-14-28(20-27)37-29-17-18-35-32(21-29)26(22-34-5)19-23(2)3/h7-8,10,13-24,36H,6,9,11-12H2,1-5H3/b26-19+,34-22?. The van der Waals surface area contributed by atoms with E-state index in [2.05, 4.69) is 85.5 Å². The van der Waals surface area contributed by atoms with Gasteiger partial charge in [-0.15, -0.1) is 0 Å². The highest BCUT2D eigenvalue weighted by atomic mass is 16.5. The average Bonchev–Trinajstić information content (AvgIpc) is 2.87. The third-order valence-electron chi connectivity index (χ3n) is 6.83. The third kappa shape index (κ3) is 6.76. The van der Waals surface area contributed by atoms with Crippen LogP contribution in [0.5, 0.6) is 11.5 Å². The van der Waals surface area contributed by atoms with Crippen molar-refractivity contribution in [3.05, 3.63) is 95.3 Å². The molecule has 0 saturated heterocycles. The van der Waals surface area contributed by atoms with Crippen molar-refractivity contribution in [1.29, 1.82) is 0 Å². The molecular formula is C33H39N3O. The number of aliphatic imine (C=N–C) groups is 1. The number of pyridine rings is 1. The van der Waals surface area contributed by atoms with Crippen molar-refractivity contribution in [3.63, 3.8) is 0 Å². The molecule has 1 aliphatic carbocycles. The lowest BCUT2D eigenvalue weighted by atomic mass is 9.84. The SMILES string of the molecule is CCC(C)c1ccccc1C(Nc1cccc(Oc2ccnc(/C(C=NC)=C/C(C)C)c2)c1)=C1CCC1. The molecule has 4 nitrogen and oxygen atoms in total. The summed E-state index contributed by atoms with van der Waals surface area (Å²) in [7, 11) is 1.78. The maximum absolute atomic E-state index is 6.29. The van der Waals surface area contributed by atoms with Crippen LogP contribution in [0.4, 0.5) is 5.69 Å². The number of rotatable bonds is 10. The van der Waals surface area contributed by atoms with Gasteiger partial charge in [-0.3, -0.25) is 9.98 Å². The number of nitrogens with one attached hydrogen (secondary N) is 1. The van der Waals surface area contributed by atoms with Crippen LogP contribution in [0.3, 0.4) is 0 Å². The minimum Gasteiger partial charge on any atom is -0.457 e. The molecule has 2 aromatic carbocycles. The van der Waals surface area contributed by atoms with Crippen LogP contribution in [0, 0.1) is 5.92 Å². The van der Waals surface area contributed by atoms with Crippen molar-refractivity contribution in [2.45, 2.75) is 59.3 Å². The van der Waals surface area contributed by atoms with Gasteiger partial charge in [-0.25, -0.2) is 0 Å². The van der Waals surface area contributed by atoms with Gasteiger partial charge in [0.05, 0.1) is 5.69 Å². The topological polar surface area (TPSA) is 46.5 Å².